The van der Waals surface area contributed by atoms with Crippen molar-refractivity contribution in [2.24, 2.45) is 5.41 Å². The highest BCUT2D eigenvalue weighted by Crippen LogP contribution is 2.43. The predicted molar refractivity (Wildman–Crippen MR) is 124 cm³/mol. The van der Waals surface area contributed by atoms with Crippen molar-refractivity contribution in [3.8, 4) is 11.5 Å². The van der Waals surface area contributed by atoms with Crippen LogP contribution in [0.5, 0.6) is 11.5 Å². The van der Waals surface area contributed by atoms with Crippen molar-refractivity contribution >= 4 is 11.8 Å². The zero-order chi connectivity index (χ0) is 24.5. The quantitative estimate of drug-likeness (QED) is 0.506. The molecule has 0 atom stereocenters. The molecular weight excluding hydrogens is 445 g/mol. The van der Waals surface area contributed by atoms with Gasteiger partial charge in [-0.3, -0.25) is 0 Å². The van der Waals surface area contributed by atoms with Crippen LogP contribution in [0.1, 0.15) is 46.5 Å². The SMILES string of the molecule is CC(C)(C)OC(=O)N1CCCC2(CCN(c3cc(F)c(F)cc3Oc3cccc(F)c3)CC2)C1. The zero-order valence-corrected chi connectivity index (χ0v) is 19.9. The molecular formula is C26H31F3N2O3. The fourth-order valence-corrected chi connectivity index (χ4v) is 4.82. The van der Waals surface area contributed by atoms with Gasteiger partial charge in [0.15, 0.2) is 17.4 Å². The molecule has 2 saturated heterocycles. The molecule has 1 amide bonds. The van der Waals surface area contributed by atoms with Gasteiger partial charge in [-0.1, -0.05) is 6.07 Å². The number of carbonyl (C=O) groups is 1. The van der Waals surface area contributed by atoms with E-state index in [1.165, 1.54) is 18.2 Å². The van der Waals surface area contributed by atoms with Gasteiger partial charge in [0.1, 0.15) is 17.2 Å². The van der Waals surface area contributed by atoms with Gasteiger partial charge in [-0.05, 0) is 64.0 Å². The van der Waals surface area contributed by atoms with E-state index in [9.17, 15) is 18.0 Å². The van der Waals surface area contributed by atoms with Crippen LogP contribution in [0.25, 0.3) is 0 Å². The maximum atomic E-state index is 14.2. The molecule has 184 valence electrons. The van der Waals surface area contributed by atoms with E-state index in [0.29, 0.717) is 31.9 Å². The van der Waals surface area contributed by atoms with Gasteiger partial charge in [-0.25, -0.2) is 18.0 Å². The van der Waals surface area contributed by atoms with E-state index < -0.39 is 23.1 Å². The third kappa shape index (κ3) is 5.59. The number of ether oxygens (including phenoxy) is 2. The highest BCUT2D eigenvalue weighted by Gasteiger charge is 2.41. The van der Waals surface area contributed by atoms with Crippen LogP contribution in [-0.4, -0.2) is 42.8 Å². The van der Waals surface area contributed by atoms with Gasteiger partial charge in [0.2, 0.25) is 0 Å². The Morgan fingerprint density at radius 1 is 0.971 bits per heavy atom. The molecule has 0 bridgehead atoms. The Hall–Kier alpha value is -2.90. The van der Waals surface area contributed by atoms with E-state index in [0.717, 1.165) is 37.8 Å². The molecule has 2 aliphatic heterocycles. The Morgan fingerprint density at radius 3 is 2.35 bits per heavy atom. The Morgan fingerprint density at radius 2 is 1.68 bits per heavy atom. The van der Waals surface area contributed by atoms with E-state index in [-0.39, 0.29) is 23.0 Å². The Balaban J connectivity index is 1.48. The number of anilines is 1. The van der Waals surface area contributed by atoms with Crippen molar-refractivity contribution in [3.63, 3.8) is 0 Å². The maximum absolute atomic E-state index is 14.2. The van der Waals surface area contributed by atoms with Crippen LogP contribution in [0.2, 0.25) is 0 Å². The number of hydrogen-bond acceptors (Lipinski definition) is 4. The summed E-state index contributed by atoms with van der Waals surface area (Å²) in [5.74, 6) is -2.12. The van der Waals surface area contributed by atoms with Crippen molar-refractivity contribution < 1.29 is 27.4 Å². The molecule has 34 heavy (non-hydrogen) atoms. The van der Waals surface area contributed by atoms with Gasteiger partial charge in [0.05, 0.1) is 5.69 Å². The molecule has 0 N–H and O–H groups in total. The second kappa shape index (κ2) is 9.39. The van der Waals surface area contributed by atoms with Gasteiger partial charge >= 0.3 is 6.09 Å². The summed E-state index contributed by atoms with van der Waals surface area (Å²) in [6, 6.07) is 7.68. The molecule has 1 spiro atoms. The first-order valence-corrected chi connectivity index (χ1v) is 11.7. The second-order valence-electron chi connectivity index (χ2n) is 10.3. The highest BCUT2D eigenvalue weighted by atomic mass is 19.2. The smallest absolute Gasteiger partial charge is 0.410 e. The number of halogens is 3. The third-order valence-corrected chi connectivity index (χ3v) is 6.50. The molecule has 2 heterocycles. The summed E-state index contributed by atoms with van der Waals surface area (Å²) in [5, 5.41) is 0. The van der Waals surface area contributed by atoms with Crippen molar-refractivity contribution in [1.82, 2.24) is 4.90 Å². The minimum absolute atomic E-state index is 0.0339. The van der Waals surface area contributed by atoms with Gasteiger partial charge in [0, 0.05) is 44.4 Å². The first-order chi connectivity index (χ1) is 16.0. The number of nitrogens with zero attached hydrogens (tertiary/aromatic N) is 2. The summed E-state index contributed by atoms with van der Waals surface area (Å²) in [4.78, 5) is 16.4. The number of likely N-dealkylation sites (tertiary alicyclic amines) is 1. The molecule has 0 aliphatic carbocycles. The molecule has 0 unspecified atom stereocenters. The lowest BCUT2D eigenvalue weighted by Gasteiger charge is -2.48. The lowest BCUT2D eigenvalue weighted by atomic mass is 9.72. The fourth-order valence-electron chi connectivity index (χ4n) is 4.82. The second-order valence-corrected chi connectivity index (χ2v) is 10.3. The Labute approximate surface area is 198 Å². The molecule has 2 fully saturated rings. The largest absolute Gasteiger partial charge is 0.455 e. The minimum Gasteiger partial charge on any atom is -0.455 e. The zero-order valence-electron chi connectivity index (χ0n) is 19.9. The summed E-state index contributed by atoms with van der Waals surface area (Å²) in [5.41, 5.74) is -0.151. The molecule has 0 radical (unpaired) electrons. The van der Waals surface area contributed by atoms with Crippen molar-refractivity contribution in [2.45, 2.75) is 52.1 Å². The normalized spacial score (nSPS) is 18.2. The highest BCUT2D eigenvalue weighted by molar-refractivity contribution is 5.68. The first-order valence-electron chi connectivity index (χ1n) is 11.7. The first kappa shape index (κ1) is 24.2. The summed E-state index contributed by atoms with van der Waals surface area (Å²) < 4.78 is 53.1. The summed E-state index contributed by atoms with van der Waals surface area (Å²) in [7, 11) is 0. The molecule has 0 saturated carbocycles. The lowest BCUT2D eigenvalue weighted by molar-refractivity contribution is -0.000531. The average molecular weight is 477 g/mol. The summed E-state index contributed by atoms with van der Waals surface area (Å²) in [6.07, 6.45) is 3.21. The number of carbonyl (C=O) groups excluding carboxylic acids is 1. The van der Waals surface area contributed by atoms with Gasteiger partial charge < -0.3 is 19.3 Å². The van der Waals surface area contributed by atoms with Crippen LogP contribution in [-0.2, 0) is 4.74 Å². The lowest BCUT2D eigenvalue weighted by Crippen LogP contribution is -2.52. The minimum atomic E-state index is -1.02. The van der Waals surface area contributed by atoms with E-state index in [1.54, 1.807) is 11.0 Å². The van der Waals surface area contributed by atoms with Gasteiger partial charge in [-0.2, -0.15) is 0 Å². The predicted octanol–water partition coefficient (Wildman–Crippen LogP) is 6.51. The molecule has 2 aromatic rings. The number of amides is 1. The third-order valence-electron chi connectivity index (χ3n) is 6.50. The molecule has 2 aromatic carbocycles. The average Bonchev–Trinajstić information content (AvgIpc) is 2.76. The summed E-state index contributed by atoms with van der Waals surface area (Å²) >= 11 is 0. The van der Waals surface area contributed by atoms with Crippen molar-refractivity contribution in [2.75, 3.05) is 31.1 Å². The molecule has 8 heteroatoms. The van der Waals surface area contributed by atoms with Gasteiger partial charge in [0.25, 0.3) is 0 Å². The van der Waals surface area contributed by atoms with Crippen LogP contribution in [0.4, 0.5) is 23.7 Å². The molecule has 2 aliphatic rings. The number of hydrogen-bond donors (Lipinski definition) is 0. The van der Waals surface area contributed by atoms with E-state index >= 15 is 0 Å². The van der Waals surface area contributed by atoms with Crippen LogP contribution in [0.3, 0.4) is 0 Å². The Bertz CT molecular complexity index is 1050. The van der Waals surface area contributed by atoms with E-state index in [4.69, 9.17) is 9.47 Å². The number of piperidine rings is 2. The summed E-state index contributed by atoms with van der Waals surface area (Å²) in [6.45, 7) is 8.08. The number of benzene rings is 2. The molecule has 0 aromatic heterocycles. The standard InChI is InChI=1S/C26H31F3N2O3/c1-25(2,3)34-24(32)31-11-5-8-26(17-31)9-12-30(13-10-26)22-15-20(28)21(29)16-23(22)33-19-7-4-6-18(27)14-19/h4,6-7,14-16H,5,8-13,17H2,1-3H3. The maximum Gasteiger partial charge on any atom is 0.410 e. The van der Waals surface area contributed by atoms with Crippen LogP contribution >= 0.6 is 0 Å². The van der Waals surface area contributed by atoms with Gasteiger partial charge in [-0.15, -0.1) is 0 Å². The molecule has 4 rings (SSSR count). The van der Waals surface area contributed by atoms with E-state index in [2.05, 4.69) is 0 Å². The monoisotopic (exact) mass is 476 g/mol. The van der Waals surface area contributed by atoms with Crippen molar-refractivity contribution in [3.05, 3.63) is 53.8 Å². The van der Waals surface area contributed by atoms with Crippen molar-refractivity contribution in [1.29, 1.82) is 0 Å². The number of rotatable bonds is 3. The fraction of sp³-hybridized carbons (Fsp3) is 0.500. The molecule has 5 nitrogen and oxygen atoms in total. The van der Waals surface area contributed by atoms with E-state index in [1.807, 2.05) is 25.7 Å². The van der Waals surface area contributed by atoms with Crippen LogP contribution < -0.4 is 9.64 Å². The van der Waals surface area contributed by atoms with Crippen LogP contribution in [0.15, 0.2) is 36.4 Å². The Kier molecular flexibility index (Phi) is 6.69. The topological polar surface area (TPSA) is 42.0 Å². The van der Waals surface area contributed by atoms with Crippen LogP contribution in [0, 0.1) is 22.9 Å².